The van der Waals surface area contributed by atoms with Gasteiger partial charge in [0.25, 0.3) is 0 Å². The van der Waals surface area contributed by atoms with Crippen molar-refractivity contribution in [1.29, 1.82) is 0 Å². The molecule has 6 nitrogen and oxygen atoms in total. The Kier molecular flexibility index (Phi) is 5.08. The first-order valence-corrected chi connectivity index (χ1v) is 10.4. The van der Waals surface area contributed by atoms with E-state index < -0.39 is 0 Å². The van der Waals surface area contributed by atoms with Gasteiger partial charge in [0.2, 0.25) is 12.7 Å². The van der Waals surface area contributed by atoms with E-state index in [1.807, 2.05) is 12.1 Å². The maximum absolute atomic E-state index is 13.9. The highest BCUT2D eigenvalue weighted by molar-refractivity contribution is 5.78. The molecule has 0 atom stereocenters. The van der Waals surface area contributed by atoms with Crippen LogP contribution >= 0.6 is 0 Å². The van der Waals surface area contributed by atoms with E-state index in [0.717, 1.165) is 56.0 Å². The average molecular weight is 412 g/mol. The van der Waals surface area contributed by atoms with Crippen molar-refractivity contribution in [2.75, 3.05) is 19.9 Å². The minimum Gasteiger partial charge on any atom is -0.454 e. The molecule has 2 aromatic carbocycles. The van der Waals surface area contributed by atoms with Crippen LogP contribution in [0.4, 0.5) is 4.39 Å². The van der Waals surface area contributed by atoms with E-state index in [9.17, 15) is 9.18 Å². The number of fused-ring (bicyclic) bond motifs is 1. The highest BCUT2D eigenvalue weighted by Crippen LogP contribution is 2.41. The van der Waals surface area contributed by atoms with Crippen LogP contribution in [0.3, 0.4) is 0 Å². The average Bonchev–Trinajstić information content (AvgIpc) is 3.36. The lowest BCUT2D eigenvalue weighted by atomic mass is 9.86. The second kappa shape index (κ2) is 7.89. The lowest BCUT2D eigenvalue weighted by Crippen LogP contribution is -2.52. The van der Waals surface area contributed by atoms with Crippen LogP contribution in [0.5, 0.6) is 11.5 Å². The van der Waals surface area contributed by atoms with Crippen LogP contribution in [-0.4, -0.2) is 41.3 Å². The summed E-state index contributed by atoms with van der Waals surface area (Å²) in [6.07, 6.45) is 2.94. The van der Waals surface area contributed by atoms with Crippen molar-refractivity contribution in [1.82, 2.24) is 9.96 Å². The summed E-state index contributed by atoms with van der Waals surface area (Å²) in [5.74, 6) is 1.32. The Balaban J connectivity index is 1.23. The quantitative estimate of drug-likeness (QED) is 0.751. The number of hydrogen-bond donors (Lipinski definition) is 0. The number of carbonyl (C=O) groups is 1. The summed E-state index contributed by atoms with van der Waals surface area (Å²) in [7, 11) is 0. The summed E-state index contributed by atoms with van der Waals surface area (Å²) in [5, 5.41) is 1.55. The summed E-state index contributed by atoms with van der Waals surface area (Å²) in [4.78, 5) is 20.8. The van der Waals surface area contributed by atoms with Gasteiger partial charge in [0.15, 0.2) is 11.5 Å². The van der Waals surface area contributed by atoms with Gasteiger partial charge in [-0.3, -0.25) is 14.5 Å². The minimum atomic E-state index is -0.311. The zero-order valence-electron chi connectivity index (χ0n) is 16.8. The summed E-state index contributed by atoms with van der Waals surface area (Å²) in [5.41, 5.74) is 1.29. The van der Waals surface area contributed by atoms with Gasteiger partial charge in [0, 0.05) is 37.2 Å². The van der Waals surface area contributed by atoms with Crippen molar-refractivity contribution in [3.8, 4) is 11.5 Å². The first kappa shape index (κ1) is 19.3. The van der Waals surface area contributed by atoms with E-state index >= 15 is 0 Å². The molecule has 7 heteroatoms. The lowest BCUT2D eigenvalue weighted by Gasteiger charge is -2.43. The maximum atomic E-state index is 13.9. The summed E-state index contributed by atoms with van der Waals surface area (Å²) < 4.78 is 25.0. The molecule has 3 heterocycles. The van der Waals surface area contributed by atoms with E-state index in [-0.39, 0.29) is 30.7 Å². The van der Waals surface area contributed by atoms with Gasteiger partial charge in [-0.1, -0.05) is 30.3 Å². The molecule has 0 saturated carbocycles. The Hall–Kier alpha value is -2.64. The fraction of sp³-hybridized carbons (Fsp3) is 0.435. The predicted molar refractivity (Wildman–Crippen MR) is 107 cm³/mol. The highest BCUT2D eigenvalue weighted by atomic mass is 19.1. The van der Waals surface area contributed by atoms with Gasteiger partial charge in [-0.2, -0.15) is 0 Å². The number of piperidine rings is 1. The first-order valence-electron chi connectivity index (χ1n) is 10.4. The zero-order chi connectivity index (χ0) is 20.6. The molecule has 2 fully saturated rings. The Morgan fingerprint density at radius 2 is 1.80 bits per heavy atom. The van der Waals surface area contributed by atoms with Crippen LogP contribution in [0.25, 0.3) is 0 Å². The fourth-order valence-corrected chi connectivity index (χ4v) is 4.70. The smallest absolute Gasteiger partial charge is 0.246 e. The second-order valence-electron chi connectivity index (χ2n) is 8.20. The van der Waals surface area contributed by atoms with Crippen LogP contribution in [0.2, 0.25) is 0 Å². The molecule has 0 radical (unpaired) electrons. The van der Waals surface area contributed by atoms with Crippen LogP contribution < -0.4 is 9.47 Å². The molecule has 0 aliphatic carbocycles. The number of para-hydroxylation sites is 1. The molecule has 0 aromatic heterocycles. The molecule has 3 aliphatic heterocycles. The monoisotopic (exact) mass is 412 g/mol. The second-order valence-corrected chi connectivity index (χ2v) is 8.20. The molecule has 5 rings (SSSR count). The van der Waals surface area contributed by atoms with Crippen LogP contribution in [0, 0.1) is 5.82 Å². The number of carbonyl (C=O) groups excluding carboxylic acids is 1. The molecular weight excluding hydrogens is 387 g/mol. The van der Waals surface area contributed by atoms with E-state index in [0.29, 0.717) is 12.0 Å². The number of rotatable bonds is 5. The normalized spacial score (nSPS) is 20.3. The number of benzene rings is 2. The number of nitrogens with zero attached hydrogens (tertiary/aromatic N) is 2. The van der Waals surface area contributed by atoms with Crippen LogP contribution in [-0.2, 0) is 22.8 Å². The number of ether oxygens (including phenoxy) is 2. The molecule has 1 spiro atoms. The summed E-state index contributed by atoms with van der Waals surface area (Å²) >= 11 is 0. The molecule has 0 N–H and O–H groups in total. The van der Waals surface area contributed by atoms with Gasteiger partial charge in [0.1, 0.15) is 12.4 Å². The zero-order valence-corrected chi connectivity index (χ0v) is 16.8. The molecule has 158 valence electrons. The summed E-state index contributed by atoms with van der Waals surface area (Å²) in [6.45, 7) is 2.84. The molecule has 2 saturated heterocycles. The molecular formula is C23H25FN2O4. The number of amides is 1. The fourth-order valence-electron chi connectivity index (χ4n) is 4.70. The third kappa shape index (κ3) is 3.52. The van der Waals surface area contributed by atoms with Gasteiger partial charge in [-0.15, -0.1) is 0 Å². The molecule has 2 aromatic rings. The number of likely N-dealkylation sites (tertiary alicyclic amines) is 1. The first-order chi connectivity index (χ1) is 14.6. The van der Waals surface area contributed by atoms with Gasteiger partial charge in [-0.05, 0) is 31.4 Å². The van der Waals surface area contributed by atoms with Crippen molar-refractivity contribution in [3.63, 3.8) is 0 Å². The maximum Gasteiger partial charge on any atom is 0.246 e. The molecule has 1 amide bonds. The summed E-state index contributed by atoms with van der Waals surface area (Å²) in [6, 6.07) is 12.5. The molecule has 0 unspecified atom stereocenters. The Morgan fingerprint density at radius 3 is 2.63 bits per heavy atom. The van der Waals surface area contributed by atoms with Crippen molar-refractivity contribution >= 4 is 5.91 Å². The van der Waals surface area contributed by atoms with E-state index in [1.54, 1.807) is 23.3 Å². The minimum absolute atomic E-state index is 0.00813. The van der Waals surface area contributed by atoms with Crippen molar-refractivity contribution in [3.05, 3.63) is 59.4 Å². The topological polar surface area (TPSA) is 51.2 Å². The third-order valence-corrected chi connectivity index (χ3v) is 6.43. The van der Waals surface area contributed by atoms with Crippen LogP contribution in [0.1, 0.15) is 36.8 Å². The third-order valence-electron chi connectivity index (χ3n) is 6.43. The number of halogens is 1. The van der Waals surface area contributed by atoms with E-state index in [1.165, 1.54) is 6.07 Å². The van der Waals surface area contributed by atoms with Crippen molar-refractivity contribution in [2.24, 2.45) is 0 Å². The Bertz CT molecular complexity index is 943. The SMILES string of the molecule is O=C1CCC2(CCN(Cc3cccc4c3OCO4)CC2)N1OCc1ccccc1F. The van der Waals surface area contributed by atoms with Gasteiger partial charge < -0.3 is 9.47 Å². The Morgan fingerprint density at radius 1 is 1.00 bits per heavy atom. The predicted octanol–water partition coefficient (Wildman–Crippen LogP) is 3.64. The van der Waals surface area contributed by atoms with E-state index in [2.05, 4.69) is 11.0 Å². The Labute approximate surface area is 175 Å². The standard InChI is InChI=1S/C23H25FN2O4/c24-19-6-2-1-4-18(19)15-30-26-21(27)8-9-23(26)10-12-25(13-11-23)14-17-5-3-7-20-22(17)29-16-28-20/h1-7H,8-16H2. The van der Waals surface area contributed by atoms with Gasteiger partial charge in [0.05, 0.1) is 5.54 Å². The highest BCUT2D eigenvalue weighted by Gasteiger charge is 2.48. The molecule has 30 heavy (non-hydrogen) atoms. The van der Waals surface area contributed by atoms with Gasteiger partial charge >= 0.3 is 0 Å². The van der Waals surface area contributed by atoms with Crippen LogP contribution in [0.15, 0.2) is 42.5 Å². The molecule has 3 aliphatic rings. The largest absolute Gasteiger partial charge is 0.454 e. The lowest BCUT2D eigenvalue weighted by molar-refractivity contribution is -0.223. The number of hydroxylamine groups is 2. The van der Waals surface area contributed by atoms with Crippen molar-refractivity contribution < 1.29 is 23.5 Å². The van der Waals surface area contributed by atoms with Gasteiger partial charge in [-0.25, -0.2) is 9.45 Å². The number of hydrogen-bond acceptors (Lipinski definition) is 5. The van der Waals surface area contributed by atoms with E-state index in [4.69, 9.17) is 14.3 Å². The van der Waals surface area contributed by atoms with Crippen molar-refractivity contribution in [2.45, 2.75) is 44.4 Å². The molecule has 0 bridgehead atoms.